The van der Waals surface area contributed by atoms with Crippen molar-refractivity contribution in [1.82, 2.24) is 4.90 Å². The second-order valence-corrected chi connectivity index (χ2v) is 14.7. The largest absolute Gasteiger partial charge is 0.465 e. The molecule has 0 radical (unpaired) electrons. The third-order valence-corrected chi connectivity index (χ3v) is 11.5. The number of ether oxygens (including phenoxy) is 1. The average Bonchev–Trinajstić information content (AvgIpc) is 3.18. The van der Waals surface area contributed by atoms with Gasteiger partial charge in [0.05, 0.1) is 19.1 Å². The summed E-state index contributed by atoms with van der Waals surface area (Å²) in [6, 6.07) is 1.10. The Labute approximate surface area is 176 Å². The van der Waals surface area contributed by atoms with Gasteiger partial charge in [-0.2, -0.15) is 8.78 Å². The fourth-order valence-electron chi connectivity index (χ4n) is 3.20. The number of alkyl halides is 2. The third-order valence-electron chi connectivity index (χ3n) is 6.12. The van der Waals surface area contributed by atoms with Crippen LogP contribution in [-0.2, 0) is 14.0 Å². The lowest BCUT2D eigenvalue weighted by Crippen LogP contribution is -2.44. The zero-order valence-electron chi connectivity index (χ0n) is 18.2. The standard InChI is InChI=1S/C20H31F2NO4SSi/c1-8-15(14-9-10-28-16(14)17(24)26-5)23-11-13(20(21,22)18(23)25)12-27-29(6,7)19(2,3)4/h9-10,13,15H,8,11-12H2,1-7H3. The molecule has 1 aliphatic rings. The van der Waals surface area contributed by atoms with E-state index in [1.165, 1.54) is 23.3 Å². The molecule has 2 unspecified atom stereocenters. The molecule has 29 heavy (non-hydrogen) atoms. The first-order valence-corrected chi connectivity index (χ1v) is 13.5. The number of halogens is 2. The predicted octanol–water partition coefficient (Wildman–Crippen LogP) is 5.10. The van der Waals surface area contributed by atoms with Gasteiger partial charge < -0.3 is 14.1 Å². The molecule has 0 bridgehead atoms. The van der Waals surface area contributed by atoms with Gasteiger partial charge in [0, 0.05) is 13.2 Å². The maximum absolute atomic E-state index is 14.8. The van der Waals surface area contributed by atoms with E-state index in [2.05, 4.69) is 0 Å². The van der Waals surface area contributed by atoms with Crippen molar-refractivity contribution in [3.63, 3.8) is 0 Å². The van der Waals surface area contributed by atoms with Gasteiger partial charge in [0.1, 0.15) is 4.88 Å². The maximum Gasteiger partial charge on any atom is 0.348 e. The lowest BCUT2D eigenvalue weighted by atomic mass is 10.0. The molecule has 164 valence electrons. The normalized spacial score (nSPS) is 20.8. The summed E-state index contributed by atoms with van der Waals surface area (Å²) in [4.78, 5) is 26.2. The van der Waals surface area contributed by atoms with Crippen molar-refractivity contribution in [2.24, 2.45) is 5.92 Å². The Hall–Kier alpha value is -1.32. The Bertz CT molecular complexity index is 760. The first-order chi connectivity index (χ1) is 13.3. The van der Waals surface area contributed by atoms with E-state index in [0.717, 1.165) is 0 Å². The Balaban J connectivity index is 2.26. The molecule has 0 aliphatic carbocycles. The van der Waals surface area contributed by atoms with Crippen LogP contribution in [0.1, 0.15) is 55.4 Å². The Kier molecular flexibility index (Phi) is 6.96. The smallest absolute Gasteiger partial charge is 0.348 e. The van der Waals surface area contributed by atoms with Gasteiger partial charge in [-0.15, -0.1) is 11.3 Å². The minimum atomic E-state index is -3.49. The van der Waals surface area contributed by atoms with E-state index in [9.17, 15) is 18.4 Å². The van der Waals surface area contributed by atoms with Crippen molar-refractivity contribution in [2.75, 3.05) is 20.3 Å². The lowest BCUT2D eigenvalue weighted by molar-refractivity contribution is -0.153. The Morgan fingerprint density at radius 2 is 2.03 bits per heavy atom. The van der Waals surface area contributed by atoms with E-state index < -0.39 is 38.1 Å². The molecule has 1 fully saturated rings. The van der Waals surface area contributed by atoms with Crippen LogP contribution in [0.4, 0.5) is 8.78 Å². The number of amides is 1. The zero-order valence-corrected chi connectivity index (χ0v) is 20.0. The first kappa shape index (κ1) is 24.0. The fraction of sp³-hybridized carbons (Fsp3) is 0.700. The number of hydrogen-bond acceptors (Lipinski definition) is 5. The van der Waals surface area contributed by atoms with Gasteiger partial charge >= 0.3 is 11.9 Å². The van der Waals surface area contributed by atoms with E-state index in [4.69, 9.17) is 9.16 Å². The summed E-state index contributed by atoms with van der Waals surface area (Å²) in [5.41, 5.74) is 0.555. The molecule has 1 aromatic rings. The van der Waals surface area contributed by atoms with Crippen LogP contribution >= 0.6 is 11.3 Å². The summed E-state index contributed by atoms with van der Waals surface area (Å²) in [5.74, 6) is -6.42. The van der Waals surface area contributed by atoms with Crippen LogP contribution in [0.2, 0.25) is 18.1 Å². The van der Waals surface area contributed by atoms with E-state index >= 15 is 0 Å². The molecular formula is C20H31F2NO4SSi. The molecule has 9 heteroatoms. The van der Waals surface area contributed by atoms with Crippen LogP contribution < -0.4 is 0 Å². The molecule has 1 saturated heterocycles. The van der Waals surface area contributed by atoms with Crippen LogP contribution in [-0.4, -0.2) is 51.3 Å². The highest BCUT2D eigenvalue weighted by atomic mass is 32.1. The fourth-order valence-corrected chi connectivity index (χ4v) is 5.12. The van der Waals surface area contributed by atoms with Crippen molar-refractivity contribution in [3.05, 3.63) is 21.9 Å². The van der Waals surface area contributed by atoms with Crippen molar-refractivity contribution in [1.29, 1.82) is 0 Å². The number of rotatable bonds is 7. The van der Waals surface area contributed by atoms with E-state index in [0.29, 0.717) is 16.9 Å². The highest BCUT2D eigenvalue weighted by molar-refractivity contribution is 7.12. The molecule has 5 nitrogen and oxygen atoms in total. The average molecular weight is 448 g/mol. The zero-order chi connectivity index (χ0) is 22.2. The molecule has 0 saturated carbocycles. The number of methoxy groups -OCH3 is 1. The molecule has 0 aromatic carbocycles. The maximum atomic E-state index is 14.8. The first-order valence-electron chi connectivity index (χ1n) is 9.76. The number of likely N-dealkylation sites (tertiary alicyclic amines) is 1. The molecule has 1 aromatic heterocycles. The third kappa shape index (κ3) is 4.56. The molecule has 2 rings (SSSR count). The lowest BCUT2D eigenvalue weighted by Gasteiger charge is -2.37. The van der Waals surface area contributed by atoms with Gasteiger partial charge in [0.25, 0.3) is 5.91 Å². The molecule has 2 atom stereocenters. The van der Waals surface area contributed by atoms with Crippen molar-refractivity contribution < 1.29 is 27.5 Å². The second kappa shape index (κ2) is 8.43. The van der Waals surface area contributed by atoms with Crippen LogP contribution in [0.25, 0.3) is 0 Å². The van der Waals surface area contributed by atoms with Crippen LogP contribution in [0.15, 0.2) is 11.4 Å². The van der Waals surface area contributed by atoms with Crippen molar-refractivity contribution in [3.8, 4) is 0 Å². The van der Waals surface area contributed by atoms with Gasteiger partial charge in [-0.05, 0) is 41.6 Å². The highest BCUT2D eigenvalue weighted by Gasteiger charge is 2.58. The predicted molar refractivity (Wildman–Crippen MR) is 112 cm³/mol. The monoisotopic (exact) mass is 447 g/mol. The number of carbonyl (C=O) groups excluding carboxylic acids is 2. The van der Waals surface area contributed by atoms with Gasteiger partial charge in [0.15, 0.2) is 8.32 Å². The topological polar surface area (TPSA) is 55.8 Å². The number of hydrogen-bond donors (Lipinski definition) is 0. The van der Waals surface area contributed by atoms with Gasteiger partial charge in [-0.3, -0.25) is 4.79 Å². The van der Waals surface area contributed by atoms with E-state index in [-0.39, 0.29) is 18.2 Å². The number of carbonyl (C=O) groups is 2. The van der Waals surface area contributed by atoms with E-state index in [1.54, 1.807) is 11.4 Å². The van der Waals surface area contributed by atoms with Gasteiger partial charge in [-0.25, -0.2) is 4.79 Å². The molecule has 1 amide bonds. The molecule has 2 heterocycles. The molecular weight excluding hydrogens is 416 g/mol. The Morgan fingerprint density at radius 1 is 1.41 bits per heavy atom. The summed E-state index contributed by atoms with van der Waals surface area (Å²) in [6.07, 6.45) is 0.415. The van der Waals surface area contributed by atoms with Crippen molar-refractivity contribution in [2.45, 2.75) is 64.2 Å². The van der Waals surface area contributed by atoms with Gasteiger partial charge in [0.2, 0.25) is 0 Å². The van der Waals surface area contributed by atoms with Crippen LogP contribution in [0.3, 0.4) is 0 Å². The molecule has 0 N–H and O–H groups in total. The molecule has 1 aliphatic heterocycles. The summed E-state index contributed by atoms with van der Waals surface area (Å²) in [7, 11) is -0.945. The molecule has 0 spiro atoms. The van der Waals surface area contributed by atoms with Gasteiger partial charge in [-0.1, -0.05) is 27.7 Å². The number of esters is 1. The second-order valence-electron chi connectivity index (χ2n) is 8.97. The van der Waals surface area contributed by atoms with E-state index in [1.807, 2.05) is 40.8 Å². The van der Waals surface area contributed by atoms with Crippen LogP contribution in [0.5, 0.6) is 0 Å². The van der Waals surface area contributed by atoms with Crippen molar-refractivity contribution >= 4 is 31.5 Å². The number of thiophene rings is 1. The summed E-state index contributed by atoms with van der Waals surface area (Å²) in [5, 5.41) is 1.60. The minimum Gasteiger partial charge on any atom is -0.465 e. The van der Waals surface area contributed by atoms with Crippen LogP contribution in [0, 0.1) is 5.92 Å². The minimum absolute atomic E-state index is 0.102. The highest BCUT2D eigenvalue weighted by Crippen LogP contribution is 2.43. The number of nitrogens with zero attached hydrogens (tertiary/aromatic N) is 1. The Morgan fingerprint density at radius 3 is 2.55 bits per heavy atom. The summed E-state index contributed by atoms with van der Waals surface area (Å²) >= 11 is 1.18. The summed E-state index contributed by atoms with van der Waals surface area (Å²) in [6.45, 7) is 11.7. The quantitative estimate of drug-likeness (QED) is 0.431. The summed E-state index contributed by atoms with van der Waals surface area (Å²) < 4.78 is 40.5. The SMILES string of the molecule is CCC(c1ccsc1C(=O)OC)N1CC(CO[Si](C)(C)C(C)(C)C)C(F)(F)C1=O.